The SMILES string of the molecule is CC(=O)N1CC(C(=O)Nc2ncccc2O)CC1CN=O. The summed E-state index contributed by atoms with van der Waals surface area (Å²) in [6.07, 6.45) is 1.82. The summed E-state index contributed by atoms with van der Waals surface area (Å²) in [4.78, 5) is 39.4. The van der Waals surface area contributed by atoms with E-state index in [1.807, 2.05) is 0 Å². The number of nitrogens with zero attached hydrogens (tertiary/aromatic N) is 3. The highest BCUT2D eigenvalue weighted by Crippen LogP contribution is 2.26. The third-order valence-electron chi connectivity index (χ3n) is 3.50. The number of aromatic nitrogens is 1. The fourth-order valence-corrected chi connectivity index (χ4v) is 2.46. The molecule has 1 aromatic rings. The second kappa shape index (κ2) is 6.29. The molecular weight excluding hydrogens is 276 g/mol. The first kappa shape index (κ1) is 14.9. The molecule has 2 N–H and O–H groups in total. The van der Waals surface area contributed by atoms with Gasteiger partial charge in [-0.3, -0.25) is 9.59 Å². The second-order valence-electron chi connectivity index (χ2n) is 4.93. The van der Waals surface area contributed by atoms with Crippen molar-refractivity contribution in [1.82, 2.24) is 9.88 Å². The summed E-state index contributed by atoms with van der Waals surface area (Å²) in [5, 5.41) is 14.9. The van der Waals surface area contributed by atoms with Crippen LogP contribution in [-0.2, 0) is 9.59 Å². The van der Waals surface area contributed by atoms with Gasteiger partial charge >= 0.3 is 0 Å². The molecule has 1 aliphatic heterocycles. The molecule has 8 nitrogen and oxygen atoms in total. The third-order valence-corrected chi connectivity index (χ3v) is 3.50. The van der Waals surface area contributed by atoms with Gasteiger partial charge in [0, 0.05) is 19.7 Å². The lowest BCUT2D eigenvalue weighted by Gasteiger charge is -2.20. The first-order valence-electron chi connectivity index (χ1n) is 6.54. The van der Waals surface area contributed by atoms with Gasteiger partial charge in [0.05, 0.1) is 12.0 Å². The van der Waals surface area contributed by atoms with Gasteiger partial charge in [-0.05, 0) is 18.6 Å². The molecule has 2 rings (SSSR count). The molecule has 2 amide bonds. The zero-order valence-electron chi connectivity index (χ0n) is 11.5. The minimum Gasteiger partial charge on any atom is -0.504 e. The maximum atomic E-state index is 12.2. The van der Waals surface area contributed by atoms with E-state index in [2.05, 4.69) is 15.5 Å². The molecule has 8 heteroatoms. The topological polar surface area (TPSA) is 112 Å². The summed E-state index contributed by atoms with van der Waals surface area (Å²) in [5.41, 5.74) is 0. The summed E-state index contributed by atoms with van der Waals surface area (Å²) in [5.74, 6) is -1.04. The Kier molecular flexibility index (Phi) is 4.46. The molecule has 0 radical (unpaired) electrons. The molecule has 21 heavy (non-hydrogen) atoms. The largest absolute Gasteiger partial charge is 0.504 e. The van der Waals surface area contributed by atoms with Crippen molar-refractivity contribution in [2.45, 2.75) is 19.4 Å². The van der Waals surface area contributed by atoms with Gasteiger partial charge < -0.3 is 15.3 Å². The Balaban J connectivity index is 2.05. The summed E-state index contributed by atoms with van der Waals surface area (Å²) in [6.45, 7) is 1.59. The van der Waals surface area contributed by atoms with Gasteiger partial charge in [-0.15, -0.1) is 0 Å². The number of nitroso groups, excluding NO2 is 1. The molecule has 2 atom stereocenters. The lowest BCUT2D eigenvalue weighted by molar-refractivity contribution is -0.129. The molecule has 0 aliphatic carbocycles. The van der Waals surface area contributed by atoms with Crippen LogP contribution in [0.25, 0.3) is 0 Å². The molecule has 2 heterocycles. The average molecular weight is 292 g/mol. The maximum Gasteiger partial charge on any atom is 0.230 e. The van der Waals surface area contributed by atoms with E-state index in [9.17, 15) is 19.6 Å². The van der Waals surface area contributed by atoms with E-state index in [0.717, 1.165) is 0 Å². The highest BCUT2D eigenvalue weighted by Gasteiger charge is 2.37. The van der Waals surface area contributed by atoms with Crippen LogP contribution < -0.4 is 5.32 Å². The Morgan fingerprint density at radius 2 is 2.33 bits per heavy atom. The predicted octanol–water partition coefficient (Wildman–Crippen LogP) is 0.729. The first-order valence-corrected chi connectivity index (χ1v) is 6.54. The van der Waals surface area contributed by atoms with E-state index in [1.165, 1.54) is 24.1 Å². The number of aromatic hydroxyl groups is 1. The van der Waals surface area contributed by atoms with E-state index >= 15 is 0 Å². The second-order valence-corrected chi connectivity index (χ2v) is 4.93. The molecule has 2 unspecified atom stereocenters. The number of nitrogens with one attached hydrogen (secondary N) is 1. The average Bonchev–Trinajstić information content (AvgIpc) is 2.86. The quantitative estimate of drug-likeness (QED) is 0.794. The highest BCUT2D eigenvalue weighted by atomic mass is 16.3. The molecule has 1 fully saturated rings. The molecule has 0 spiro atoms. The van der Waals surface area contributed by atoms with Crippen LogP contribution in [0, 0.1) is 10.8 Å². The fraction of sp³-hybridized carbons (Fsp3) is 0.462. The lowest BCUT2D eigenvalue weighted by Crippen LogP contribution is -2.36. The van der Waals surface area contributed by atoms with Crippen LogP contribution in [0.4, 0.5) is 5.82 Å². The fourth-order valence-electron chi connectivity index (χ4n) is 2.46. The van der Waals surface area contributed by atoms with Gasteiger partial charge in [-0.25, -0.2) is 4.98 Å². The van der Waals surface area contributed by atoms with Crippen molar-refractivity contribution in [2.75, 3.05) is 18.4 Å². The number of carbonyl (C=O) groups excluding carboxylic acids is 2. The zero-order valence-corrected chi connectivity index (χ0v) is 11.5. The first-order chi connectivity index (χ1) is 10.0. The number of amides is 2. The van der Waals surface area contributed by atoms with Crippen molar-refractivity contribution in [2.24, 2.45) is 11.1 Å². The van der Waals surface area contributed by atoms with Crippen LogP contribution >= 0.6 is 0 Å². The van der Waals surface area contributed by atoms with E-state index in [-0.39, 0.29) is 42.5 Å². The number of rotatable bonds is 4. The number of hydrogen-bond acceptors (Lipinski definition) is 6. The minimum atomic E-state index is -0.456. The van der Waals surface area contributed by atoms with Crippen molar-refractivity contribution >= 4 is 17.6 Å². The number of anilines is 1. The highest BCUT2D eigenvalue weighted by molar-refractivity contribution is 5.93. The normalized spacial score (nSPS) is 21.1. The summed E-state index contributed by atoms with van der Waals surface area (Å²) < 4.78 is 0. The molecular formula is C13H16N4O4. The van der Waals surface area contributed by atoms with E-state index in [0.29, 0.717) is 6.42 Å². The molecule has 1 aromatic heterocycles. The van der Waals surface area contributed by atoms with Crippen LogP contribution in [0.2, 0.25) is 0 Å². The van der Waals surface area contributed by atoms with Crippen LogP contribution in [0.15, 0.2) is 23.5 Å². The number of hydrogen-bond donors (Lipinski definition) is 2. The third kappa shape index (κ3) is 3.33. The summed E-state index contributed by atoms with van der Waals surface area (Å²) in [7, 11) is 0. The van der Waals surface area contributed by atoms with Crippen molar-refractivity contribution in [3.63, 3.8) is 0 Å². The number of carbonyl (C=O) groups is 2. The Hall–Kier alpha value is -2.51. The van der Waals surface area contributed by atoms with E-state index < -0.39 is 5.92 Å². The Morgan fingerprint density at radius 1 is 1.57 bits per heavy atom. The van der Waals surface area contributed by atoms with Crippen molar-refractivity contribution in [1.29, 1.82) is 0 Å². The van der Waals surface area contributed by atoms with Gasteiger partial charge in [0.2, 0.25) is 11.8 Å². The number of likely N-dealkylation sites (tertiary alicyclic amines) is 1. The van der Waals surface area contributed by atoms with Crippen molar-refractivity contribution in [3.05, 3.63) is 23.2 Å². The van der Waals surface area contributed by atoms with Crippen LogP contribution in [0.3, 0.4) is 0 Å². The van der Waals surface area contributed by atoms with Gasteiger partial charge in [0.25, 0.3) is 0 Å². The summed E-state index contributed by atoms with van der Waals surface area (Å²) in [6, 6.07) is 2.61. The Morgan fingerprint density at radius 3 is 2.95 bits per heavy atom. The standard InChI is InChI=1S/C13H16N4O4/c1-8(18)17-7-9(5-10(17)6-15-21)13(20)16-12-11(19)3-2-4-14-12/h2-4,9-10,19H,5-7H2,1H3,(H,14,16,20). The summed E-state index contributed by atoms with van der Waals surface area (Å²) >= 11 is 0. The van der Waals surface area contributed by atoms with Gasteiger partial charge in [0.15, 0.2) is 11.6 Å². The molecule has 112 valence electrons. The van der Waals surface area contributed by atoms with Crippen molar-refractivity contribution < 1.29 is 14.7 Å². The molecule has 0 aromatic carbocycles. The van der Waals surface area contributed by atoms with Gasteiger partial charge in [-0.2, -0.15) is 4.91 Å². The monoisotopic (exact) mass is 292 g/mol. The minimum absolute atomic E-state index is 0.0296. The molecule has 0 bridgehead atoms. The van der Waals surface area contributed by atoms with Crippen molar-refractivity contribution in [3.8, 4) is 5.75 Å². The Labute approximate surface area is 121 Å². The van der Waals surface area contributed by atoms with Crippen LogP contribution in [0.1, 0.15) is 13.3 Å². The molecule has 0 saturated carbocycles. The zero-order chi connectivity index (χ0) is 15.4. The maximum absolute atomic E-state index is 12.2. The Bertz CT molecular complexity index is 563. The van der Waals surface area contributed by atoms with Crippen LogP contribution in [-0.4, -0.2) is 45.9 Å². The van der Waals surface area contributed by atoms with E-state index in [1.54, 1.807) is 6.07 Å². The van der Waals surface area contributed by atoms with Crippen LogP contribution in [0.5, 0.6) is 5.75 Å². The molecule has 1 aliphatic rings. The smallest absolute Gasteiger partial charge is 0.230 e. The van der Waals surface area contributed by atoms with E-state index in [4.69, 9.17) is 0 Å². The molecule has 1 saturated heterocycles. The van der Waals surface area contributed by atoms with Gasteiger partial charge in [0.1, 0.15) is 6.54 Å². The predicted molar refractivity (Wildman–Crippen MR) is 74.5 cm³/mol. The lowest BCUT2D eigenvalue weighted by atomic mass is 10.0. The number of pyridine rings is 1. The van der Waals surface area contributed by atoms with Gasteiger partial charge in [-0.1, -0.05) is 5.18 Å².